The zero-order valence-corrected chi connectivity index (χ0v) is 13.2. The third kappa shape index (κ3) is 5.23. The fourth-order valence-electron chi connectivity index (χ4n) is 2.60. The first kappa shape index (κ1) is 16.0. The molecule has 0 saturated heterocycles. The van der Waals surface area contributed by atoms with Gasteiger partial charge in [0.05, 0.1) is 0 Å². The maximum absolute atomic E-state index is 3.62. The molecule has 2 nitrogen and oxygen atoms in total. The van der Waals surface area contributed by atoms with E-state index in [1.807, 2.05) is 0 Å². The Balaban J connectivity index is 2.74. The largest absolute Gasteiger partial charge is 0.378 e. The molecule has 0 radical (unpaired) electrons. The molecule has 0 spiro atoms. The highest BCUT2D eigenvalue weighted by Gasteiger charge is 2.14. The minimum absolute atomic E-state index is 0.489. The highest BCUT2D eigenvalue weighted by Crippen LogP contribution is 2.25. The molecule has 0 saturated carbocycles. The smallest absolute Gasteiger partial charge is 0.0361 e. The Morgan fingerprint density at radius 2 is 1.74 bits per heavy atom. The number of hydrogen-bond acceptors (Lipinski definition) is 2. The van der Waals surface area contributed by atoms with E-state index in [4.69, 9.17) is 0 Å². The third-order valence-electron chi connectivity index (χ3n) is 3.68. The van der Waals surface area contributed by atoms with Crippen LogP contribution in [0.25, 0.3) is 0 Å². The maximum atomic E-state index is 3.62. The molecule has 0 aliphatic carbocycles. The molecule has 1 aromatic carbocycles. The molecular weight excluding hydrogens is 232 g/mol. The standard InChI is InChI=1S/C17H30N2/c1-6-8-14(3)13-17(18-7-2)15-9-11-16(12-10-15)19(4)5/h9-12,14,17-18H,6-8,13H2,1-5H3. The van der Waals surface area contributed by atoms with Gasteiger partial charge >= 0.3 is 0 Å². The Morgan fingerprint density at radius 1 is 1.11 bits per heavy atom. The van der Waals surface area contributed by atoms with E-state index in [0.717, 1.165) is 12.5 Å². The van der Waals surface area contributed by atoms with Gasteiger partial charge in [0.2, 0.25) is 0 Å². The molecule has 2 unspecified atom stereocenters. The highest BCUT2D eigenvalue weighted by molar-refractivity contribution is 5.46. The van der Waals surface area contributed by atoms with Crippen molar-refractivity contribution in [3.05, 3.63) is 29.8 Å². The van der Waals surface area contributed by atoms with Crippen molar-refractivity contribution in [3.8, 4) is 0 Å². The summed E-state index contributed by atoms with van der Waals surface area (Å²) in [5.41, 5.74) is 2.68. The molecule has 2 atom stereocenters. The lowest BCUT2D eigenvalue weighted by Crippen LogP contribution is -2.23. The van der Waals surface area contributed by atoms with E-state index in [2.05, 4.69) is 69.3 Å². The van der Waals surface area contributed by atoms with E-state index in [9.17, 15) is 0 Å². The van der Waals surface area contributed by atoms with Gasteiger partial charge in [-0.15, -0.1) is 0 Å². The lowest BCUT2D eigenvalue weighted by Gasteiger charge is -2.23. The van der Waals surface area contributed by atoms with Gasteiger partial charge < -0.3 is 10.2 Å². The van der Waals surface area contributed by atoms with Gasteiger partial charge in [0, 0.05) is 25.8 Å². The second kappa shape index (κ2) is 8.21. The summed E-state index contributed by atoms with van der Waals surface area (Å²) in [6.45, 7) is 7.84. The summed E-state index contributed by atoms with van der Waals surface area (Å²) in [4.78, 5) is 2.14. The zero-order valence-electron chi connectivity index (χ0n) is 13.2. The van der Waals surface area contributed by atoms with Crippen molar-refractivity contribution in [2.75, 3.05) is 25.5 Å². The molecule has 0 amide bonds. The summed E-state index contributed by atoms with van der Waals surface area (Å²) in [7, 11) is 4.17. The summed E-state index contributed by atoms with van der Waals surface area (Å²) in [6, 6.07) is 9.44. The van der Waals surface area contributed by atoms with Crippen LogP contribution in [0, 0.1) is 5.92 Å². The molecular formula is C17H30N2. The number of nitrogens with one attached hydrogen (secondary N) is 1. The molecule has 1 N–H and O–H groups in total. The van der Waals surface area contributed by atoms with Gasteiger partial charge in [0.15, 0.2) is 0 Å². The lowest BCUT2D eigenvalue weighted by atomic mass is 9.93. The third-order valence-corrected chi connectivity index (χ3v) is 3.68. The molecule has 1 aromatic rings. The van der Waals surface area contributed by atoms with Gasteiger partial charge in [0.25, 0.3) is 0 Å². The van der Waals surface area contributed by atoms with Crippen LogP contribution in [-0.2, 0) is 0 Å². The molecule has 0 heterocycles. The van der Waals surface area contributed by atoms with Crippen molar-refractivity contribution in [3.63, 3.8) is 0 Å². The van der Waals surface area contributed by atoms with E-state index in [1.54, 1.807) is 0 Å². The number of hydrogen-bond donors (Lipinski definition) is 1. The normalized spacial score (nSPS) is 14.2. The van der Waals surface area contributed by atoms with Gasteiger partial charge in [0.1, 0.15) is 0 Å². The second-order valence-electron chi connectivity index (χ2n) is 5.73. The van der Waals surface area contributed by atoms with Crippen molar-refractivity contribution >= 4 is 5.69 Å². The van der Waals surface area contributed by atoms with Crippen molar-refractivity contribution in [2.24, 2.45) is 5.92 Å². The fraction of sp³-hybridized carbons (Fsp3) is 0.647. The van der Waals surface area contributed by atoms with Crippen molar-refractivity contribution in [1.82, 2.24) is 5.32 Å². The molecule has 1 rings (SSSR count). The van der Waals surface area contributed by atoms with Crippen LogP contribution in [0.4, 0.5) is 5.69 Å². The number of nitrogens with zero attached hydrogens (tertiary/aromatic N) is 1. The van der Waals surface area contributed by atoms with E-state index >= 15 is 0 Å². The molecule has 0 fully saturated rings. The average molecular weight is 262 g/mol. The highest BCUT2D eigenvalue weighted by atomic mass is 15.1. The van der Waals surface area contributed by atoms with Crippen LogP contribution in [-0.4, -0.2) is 20.6 Å². The van der Waals surface area contributed by atoms with Crippen LogP contribution in [0.5, 0.6) is 0 Å². The summed E-state index contributed by atoms with van der Waals surface area (Å²) >= 11 is 0. The van der Waals surface area contributed by atoms with E-state index in [-0.39, 0.29) is 0 Å². The molecule has 0 bridgehead atoms. The minimum Gasteiger partial charge on any atom is -0.378 e. The van der Waals surface area contributed by atoms with E-state index in [0.29, 0.717) is 6.04 Å². The zero-order chi connectivity index (χ0) is 14.3. The molecule has 0 aliphatic heterocycles. The molecule has 19 heavy (non-hydrogen) atoms. The summed E-state index contributed by atoms with van der Waals surface area (Å²) in [5.74, 6) is 0.780. The van der Waals surface area contributed by atoms with Crippen LogP contribution in [0.2, 0.25) is 0 Å². The topological polar surface area (TPSA) is 15.3 Å². The minimum atomic E-state index is 0.489. The maximum Gasteiger partial charge on any atom is 0.0361 e. The Bertz CT molecular complexity index is 343. The lowest BCUT2D eigenvalue weighted by molar-refractivity contribution is 0.395. The first-order valence-corrected chi connectivity index (χ1v) is 7.59. The number of anilines is 1. The van der Waals surface area contributed by atoms with Crippen molar-refractivity contribution < 1.29 is 0 Å². The van der Waals surface area contributed by atoms with Gasteiger partial charge in [-0.05, 0) is 36.6 Å². The Kier molecular flexibility index (Phi) is 6.93. The molecule has 108 valence electrons. The number of benzene rings is 1. The fourth-order valence-corrected chi connectivity index (χ4v) is 2.60. The Morgan fingerprint density at radius 3 is 2.21 bits per heavy atom. The van der Waals surface area contributed by atoms with E-state index < -0.39 is 0 Å². The predicted octanol–water partition coefficient (Wildman–Crippen LogP) is 4.23. The average Bonchev–Trinajstić information content (AvgIpc) is 2.38. The van der Waals surface area contributed by atoms with Crippen LogP contribution in [0.1, 0.15) is 51.6 Å². The molecule has 0 aromatic heterocycles. The van der Waals surface area contributed by atoms with Gasteiger partial charge in [-0.25, -0.2) is 0 Å². The van der Waals surface area contributed by atoms with Gasteiger partial charge in [-0.3, -0.25) is 0 Å². The summed E-state index contributed by atoms with van der Waals surface area (Å²) < 4.78 is 0. The SMILES string of the molecule is CCCC(C)CC(NCC)c1ccc(N(C)C)cc1. The first-order chi connectivity index (χ1) is 9.08. The quantitative estimate of drug-likeness (QED) is 0.754. The first-order valence-electron chi connectivity index (χ1n) is 7.59. The van der Waals surface area contributed by atoms with Crippen LogP contribution in [0.15, 0.2) is 24.3 Å². The number of rotatable bonds is 8. The summed E-state index contributed by atoms with van der Waals surface area (Å²) in [5, 5.41) is 3.62. The van der Waals surface area contributed by atoms with Crippen LogP contribution < -0.4 is 10.2 Å². The van der Waals surface area contributed by atoms with Crippen molar-refractivity contribution in [2.45, 2.75) is 46.1 Å². The van der Waals surface area contributed by atoms with Crippen LogP contribution >= 0.6 is 0 Å². The van der Waals surface area contributed by atoms with Gasteiger partial charge in [-0.2, -0.15) is 0 Å². The van der Waals surface area contributed by atoms with Crippen molar-refractivity contribution in [1.29, 1.82) is 0 Å². The van der Waals surface area contributed by atoms with Crippen LogP contribution in [0.3, 0.4) is 0 Å². The Labute approximate surface area is 119 Å². The van der Waals surface area contributed by atoms with Gasteiger partial charge in [-0.1, -0.05) is 45.7 Å². The Hall–Kier alpha value is -1.02. The molecule has 0 aliphatic rings. The predicted molar refractivity (Wildman–Crippen MR) is 85.9 cm³/mol. The summed E-state index contributed by atoms with van der Waals surface area (Å²) in [6.07, 6.45) is 3.82. The second-order valence-corrected chi connectivity index (χ2v) is 5.73. The monoisotopic (exact) mass is 262 g/mol. The molecule has 2 heteroatoms. The van der Waals surface area contributed by atoms with E-state index in [1.165, 1.54) is 30.5 Å².